The number of para-hydroxylation sites is 2. The molecule has 28 heavy (non-hydrogen) atoms. The second-order valence-corrected chi connectivity index (χ2v) is 8.06. The standard InChI is InChI=1S/C18H16Cl3N5O2/c1-24-17(23)26-16(27)12-8-9-10(18(19,20)21)6-7-14(15(9)25-12)28-13-5-3-2-4-11(13)22/h2-8,25H,22H2,1H3,(H3,23,24,26,27). The summed E-state index contributed by atoms with van der Waals surface area (Å²) in [4.78, 5) is 19.1. The number of H-pyrrole nitrogens is 1. The molecule has 0 spiro atoms. The van der Waals surface area contributed by atoms with Gasteiger partial charge in [0.15, 0.2) is 11.7 Å². The van der Waals surface area contributed by atoms with E-state index < -0.39 is 9.70 Å². The molecule has 7 nitrogen and oxygen atoms in total. The molecule has 0 atom stereocenters. The first-order valence-electron chi connectivity index (χ1n) is 7.99. The number of aromatic nitrogens is 1. The summed E-state index contributed by atoms with van der Waals surface area (Å²) in [5.74, 6) is 0.328. The van der Waals surface area contributed by atoms with Crippen LogP contribution in [-0.2, 0) is 3.79 Å². The Morgan fingerprint density at radius 1 is 1.18 bits per heavy atom. The molecule has 0 fully saturated rings. The number of guanidine groups is 1. The Kier molecular flexibility index (Phi) is 5.60. The number of carbonyl (C=O) groups is 1. The Bertz CT molecular complexity index is 1070. The average molecular weight is 441 g/mol. The Hall–Kier alpha value is -2.61. The molecule has 0 saturated carbocycles. The van der Waals surface area contributed by atoms with E-state index in [0.717, 1.165) is 0 Å². The number of fused-ring (bicyclic) bond motifs is 1. The van der Waals surface area contributed by atoms with Gasteiger partial charge >= 0.3 is 0 Å². The number of hydrogen-bond acceptors (Lipinski definition) is 4. The van der Waals surface area contributed by atoms with Crippen LogP contribution in [0.2, 0.25) is 0 Å². The second kappa shape index (κ2) is 7.79. The zero-order valence-electron chi connectivity index (χ0n) is 14.6. The van der Waals surface area contributed by atoms with Crippen molar-refractivity contribution in [2.24, 2.45) is 10.7 Å². The van der Waals surface area contributed by atoms with E-state index in [9.17, 15) is 4.79 Å². The highest BCUT2D eigenvalue weighted by atomic mass is 35.6. The van der Waals surface area contributed by atoms with E-state index in [2.05, 4.69) is 15.3 Å². The number of nitrogens with two attached hydrogens (primary N) is 2. The van der Waals surface area contributed by atoms with E-state index >= 15 is 0 Å². The molecule has 2 aromatic carbocycles. The van der Waals surface area contributed by atoms with Crippen LogP contribution in [0.25, 0.3) is 10.9 Å². The third-order valence-corrected chi connectivity index (χ3v) is 4.54. The first-order valence-corrected chi connectivity index (χ1v) is 9.13. The zero-order chi connectivity index (χ0) is 20.5. The van der Waals surface area contributed by atoms with Crippen LogP contribution in [-0.4, -0.2) is 23.9 Å². The lowest BCUT2D eigenvalue weighted by Gasteiger charge is -2.15. The minimum Gasteiger partial charge on any atom is -0.453 e. The van der Waals surface area contributed by atoms with Gasteiger partial charge in [0.1, 0.15) is 11.4 Å². The van der Waals surface area contributed by atoms with Crippen molar-refractivity contribution in [1.29, 1.82) is 0 Å². The Morgan fingerprint density at radius 3 is 2.54 bits per heavy atom. The van der Waals surface area contributed by atoms with Gasteiger partial charge in [-0.05, 0) is 24.3 Å². The number of benzene rings is 2. The van der Waals surface area contributed by atoms with Gasteiger partial charge < -0.3 is 21.2 Å². The van der Waals surface area contributed by atoms with E-state index in [0.29, 0.717) is 33.7 Å². The molecule has 0 unspecified atom stereocenters. The summed E-state index contributed by atoms with van der Waals surface area (Å²) in [6.45, 7) is 0. The highest BCUT2D eigenvalue weighted by Gasteiger charge is 2.28. The lowest BCUT2D eigenvalue weighted by Crippen LogP contribution is -2.36. The fourth-order valence-corrected chi connectivity index (χ4v) is 3.07. The summed E-state index contributed by atoms with van der Waals surface area (Å²) in [5, 5.41) is 2.94. The van der Waals surface area contributed by atoms with Crippen molar-refractivity contribution < 1.29 is 9.53 Å². The number of nitrogen functional groups attached to an aromatic ring is 1. The number of alkyl halides is 3. The van der Waals surface area contributed by atoms with Gasteiger partial charge in [-0.25, -0.2) is 0 Å². The van der Waals surface area contributed by atoms with E-state index in [-0.39, 0.29) is 11.7 Å². The van der Waals surface area contributed by atoms with Crippen LogP contribution in [0, 0.1) is 0 Å². The number of anilines is 1. The first kappa shape index (κ1) is 20.1. The lowest BCUT2D eigenvalue weighted by molar-refractivity contribution is 0.0972. The quantitative estimate of drug-likeness (QED) is 0.213. The van der Waals surface area contributed by atoms with Crippen LogP contribution >= 0.6 is 34.8 Å². The molecule has 0 aliphatic carbocycles. The zero-order valence-corrected chi connectivity index (χ0v) is 16.9. The molecular formula is C18H16Cl3N5O2. The van der Waals surface area contributed by atoms with Gasteiger partial charge in [0.2, 0.25) is 3.79 Å². The largest absolute Gasteiger partial charge is 0.453 e. The number of carbonyl (C=O) groups excluding carboxylic acids is 1. The highest BCUT2D eigenvalue weighted by Crippen LogP contribution is 2.44. The molecule has 146 valence electrons. The van der Waals surface area contributed by atoms with Gasteiger partial charge in [-0.1, -0.05) is 53.0 Å². The number of rotatable bonds is 3. The topological polar surface area (TPSA) is 119 Å². The molecule has 10 heteroatoms. The van der Waals surface area contributed by atoms with Crippen molar-refractivity contribution in [3.63, 3.8) is 0 Å². The van der Waals surface area contributed by atoms with E-state index in [1.165, 1.54) is 7.05 Å². The molecule has 3 rings (SSSR count). The summed E-state index contributed by atoms with van der Waals surface area (Å²) in [6, 6.07) is 11.8. The number of amides is 1. The van der Waals surface area contributed by atoms with Gasteiger partial charge in [-0.2, -0.15) is 0 Å². The van der Waals surface area contributed by atoms with E-state index in [1.54, 1.807) is 42.5 Å². The SMILES string of the molecule is CN=C(N)NC(=O)c1cc2c(C(Cl)(Cl)Cl)ccc(Oc3ccccc3N)c2[nH]1. The molecule has 0 aliphatic heterocycles. The molecule has 3 aromatic rings. The Morgan fingerprint density at radius 2 is 1.89 bits per heavy atom. The Balaban J connectivity index is 2.13. The minimum atomic E-state index is -1.71. The number of aliphatic imine (C=N–C) groups is 1. The molecule has 1 amide bonds. The van der Waals surface area contributed by atoms with Crippen LogP contribution in [0.5, 0.6) is 11.5 Å². The van der Waals surface area contributed by atoms with Crippen molar-refractivity contribution >= 4 is 63.3 Å². The number of nitrogens with one attached hydrogen (secondary N) is 2. The third-order valence-electron chi connectivity index (χ3n) is 3.93. The van der Waals surface area contributed by atoms with Crippen molar-refractivity contribution in [2.75, 3.05) is 12.8 Å². The Labute approximate surface area is 175 Å². The van der Waals surface area contributed by atoms with E-state index in [4.69, 9.17) is 51.0 Å². The number of nitrogens with zero attached hydrogens (tertiary/aromatic N) is 1. The van der Waals surface area contributed by atoms with Crippen LogP contribution < -0.4 is 21.5 Å². The summed E-state index contributed by atoms with van der Waals surface area (Å²) in [7, 11) is 1.46. The summed E-state index contributed by atoms with van der Waals surface area (Å²) < 4.78 is 4.21. The predicted octanol–water partition coefficient (Wildman–Crippen LogP) is 4.04. The number of ether oxygens (including phenoxy) is 1. The fourth-order valence-electron chi connectivity index (χ4n) is 2.58. The van der Waals surface area contributed by atoms with Crippen LogP contribution in [0.1, 0.15) is 16.1 Å². The molecule has 6 N–H and O–H groups in total. The maximum Gasteiger partial charge on any atom is 0.274 e. The molecule has 0 saturated heterocycles. The lowest BCUT2D eigenvalue weighted by atomic mass is 10.1. The van der Waals surface area contributed by atoms with Gasteiger partial charge in [-0.15, -0.1) is 0 Å². The van der Waals surface area contributed by atoms with Gasteiger partial charge in [0.05, 0.1) is 11.2 Å². The molecular weight excluding hydrogens is 425 g/mol. The van der Waals surface area contributed by atoms with Crippen molar-refractivity contribution in [2.45, 2.75) is 3.79 Å². The normalized spacial score (nSPS) is 12.2. The van der Waals surface area contributed by atoms with E-state index in [1.807, 2.05) is 0 Å². The van der Waals surface area contributed by atoms with Gasteiger partial charge in [-0.3, -0.25) is 15.1 Å². The van der Waals surface area contributed by atoms with Crippen molar-refractivity contribution in [1.82, 2.24) is 10.3 Å². The van der Waals surface area contributed by atoms with Crippen molar-refractivity contribution in [3.8, 4) is 11.5 Å². The van der Waals surface area contributed by atoms with Crippen LogP contribution in [0.4, 0.5) is 5.69 Å². The van der Waals surface area contributed by atoms with Crippen LogP contribution in [0.3, 0.4) is 0 Å². The summed E-state index contributed by atoms with van der Waals surface area (Å²) in [5.41, 5.74) is 13.0. The molecule has 1 aromatic heterocycles. The summed E-state index contributed by atoms with van der Waals surface area (Å²) in [6.07, 6.45) is 0. The molecule has 0 aliphatic rings. The van der Waals surface area contributed by atoms with Gasteiger partial charge in [0, 0.05) is 18.0 Å². The molecule has 1 heterocycles. The number of hydrogen-bond donors (Lipinski definition) is 4. The smallest absolute Gasteiger partial charge is 0.274 e. The number of halogens is 3. The second-order valence-electron chi connectivity index (χ2n) is 5.78. The fraction of sp³-hybridized carbons (Fsp3) is 0.111. The molecule has 0 bridgehead atoms. The first-order chi connectivity index (χ1) is 13.2. The third kappa shape index (κ3) is 4.11. The monoisotopic (exact) mass is 439 g/mol. The van der Waals surface area contributed by atoms with Gasteiger partial charge in [0.25, 0.3) is 5.91 Å². The van der Waals surface area contributed by atoms with Crippen LogP contribution in [0.15, 0.2) is 47.5 Å². The molecule has 0 radical (unpaired) electrons. The van der Waals surface area contributed by atoms with Crippen molar-refractivity contribution in [3.05, 3.63) is 53.7 Å². The predicted molar refractivity (Wildman–Crippen MR) is 113 cm³/mol. The maximum absolute atomic E-state index is 12.4. The maximum atomic E-state index is 12.4. The average Bonchev–Trinajstić information content (AvgIpc) is 3.08. The highest BCUT2D eigenvalue weighted by molar-refractivity contribution is 6.67. The number of aromatic amines is 1. The summed E-state index contributed by atoms with van der Waals surface area (Å²) >= 11 is 18.3. The minimum absolute atomic E-state index is 0.0289.